The number of hydrogen-bond donors (Lipinski definition) is 3. The predicted octanol–water partition coefficient (Wildman–Crippen LogP) is 4.81. The average Bonchev–Trinajstić information content (AvgIpc) is 3.18. The van der Waals surface area contributed by atoms with E-state index in [9.17, 15) is 9.59 Å². The third kappa shape index (κ3) is 5.14. The van der Waals surface area contributed by atoms with Crippen LogP contribution in [0, 0.1) is 0 Å². The number of thiophene rings is 1. The Labute approximate surface area is 181 Å². The molecule has 8 nitrogen and oxygen atoms in total. The van der Waals surface area contributed by atoms with Gasteiger partial charge in [-0.2, -0.15) is 4.98 Å². The number of carboxylic acids is 1. The molecule has 31 heavy (non-hydrogen) atoms. The predicted molar refractivity (Wildman–Crippen MR) is 119 cm³/mol. The van der Waals surface area contributed by atoms with Gasteiger partial charge in [0.1, 0.15) is 10.4 Å². The SMILES string of the molecule is CC(=O)Nc1cccc(Oc2nc(Nc3ccc(CC(=O)O)cc3)nc3ccsc23)c1. The van der Waals surface area contributed by atoms with Gasteiger partial charge in [-0.05, 0) is 41.3 Å². The van der Waals surface area contributed by atoms with Gasteiger partial charge in [0.2, 0.25) is 17.7 Å². The maximum Gasteiger partial charge on any atom is 0.307 e. The zero-order chi connectivity index (χ0) is 21.8. The van der Waals surface area contributed by atoms with Gasteiger partial charge in [-0.15, -0.1) is 11.3 Å². The number of fused-ring (bicyclic) bond motifs is 1. The molecule has 0 unspecified atom stereocenters. The van der Waals surface area contributed by atoms with E-state index in [1.54, 1.807) is 48.5 Å². The number of carbonyl (C=O) groups is 2. The van der Waals surface area contributed by atoms with Gasteiger partial charge in [-0.3, -0.25) is 9.59 Å². The third-order valence-corrected chi connectivity index (χ3v) is 5.10. The maximum atomic E-state index is 11.3. The number of carboxylic acid groups (broad SMARTS) is 1. The van der Waals surface area contributed by atoms with Crippen LogP contribution < -0.4 is 15.4 Å². The number of rotatable bonds is 7. The van der Waals surface area contributed by atoms with Crippen molar-refractivity contribution in [3.8, 4) is 11.6 Å². The number of ether oxygens (including phenoxy) is 1. The van der Waals surface area contributed by atoms with Crippen molar-refractivity contribution in [3.05, 3.63) is 65.5 Å². The molecule has 0 radical (unpaired) electrons. The lowest BCUT2D eigenvalue weighted by Crippen LogP contribution is -2.05. The van der Waals surface area contributed by atoms with Gasteiger partial charge in [0, 0.05) is 24.4 Å². The van der Waals surface area contributed by atoms with Crippen LogP contribution in [0.5, 0.6) is 11.6 Å². The molecule has 0 fully saturated rings. The second-order valence-corrected chi connectivity index (χ2v) is 7.61. The quantitative estimate of drug-likeness (QED) is 0.382. The molecule has 0 saturated carbocycles. The summed E-state index contributed by atoms with van der Waals surface area (Å²) in [5.41, 5.74) is 2.79. The van der Waals surface area contributed by atoms with E-state index in [0.717, 1.165) is 15.9 Å². The Kier molecular flexibility index (Phi) is 5.76. The lowest BCUT2D eigenvalue weighted by Gasteiger charge is -2.10. The van der Waals surface area contributed by atoms with Crippen LogP contribution in [-0.4, -0.2) is 27.0 Å². The minimum Gasteiger partial charge on any atom is -0.481 e. The molecule has 3 N–H and O–H groups in total. The first-order valence-corrected chi connectivity index (χ1v) is 10.2. The summed E-state index contributed by atoms with van der Waals surface area (Å²) in [6, 6.07) is 16.0. The van der Waals surface area contributed by atoms with Crippen LogP contribution in [0.4, 0.5) is 17.3 Å². The Balaban J connectivity index is 1.59. The zero-order valence-electron chi connectivity index (χ0n) is 16.5. The third-order valence-electron chi connectivity index (χ3n) is 4.21. The second kappa shape index (κ2) is 8.80. The summed E-state index contributed by atoms with van der Waals surface area (Å²) in [6.45, 7) is 1.44. The molecule has 156 valence electrons. The van der Waals surface area contributed by atoms with Crippen molar-refractivity contribution in [2.24, 2.45) is 0 Å². The summed E-state index contributed by atoms with van der Waals surface area (Å²) in [7, 11) is 0. The van der Waals surface area contributed by atoms with Crippen molar-refractivity contribution in [3.63, 3.8) is 0 Å². The van der Waals surface area contributed by atoms with Crippen molar-refractivity contribution in [2.45, 2.75) is 13.3 Å². The van der Waals surface area contributed by atoms with Gasteiger partial charge in [0.05, 0.1) is 11.9 Å². The normalized spacial score (nSPS) is 10.6. The monoisotopic (exact) mass is 434 g/mol. The number of hydrogen-bond acceptors (Lipinski definition) is 7. The maximum absolute atomic E-state index is 11.3. The minimum absolute atomic E-state index is 0.0345. The molecule has 9 heteroatoms. The average molecular weight is 434 g/mol. The largest absolute Gasteiger partial charge is 0.481 e. The molecule has 0 aliphatic rings. The highest BCUT2D eigenvalue weighted by molar-refractivity contribution is 7.17. The first-order chi connectivity index (χ1) is 15.0. The highest BCUT2D eigenvalue weighted by Crippen LogP contribution is 2.33. The molecule has 0 aliphatic heterocycles. The molecule has 2 aromatic heterocycles. The summed E-state index contributed by atoms with van der Waals surface area (Å²) in [5, 5.41) is 16.7. The number of nitrogens with zero attached hydrogens (tertiary/aromatic N) is 2. The van der Waals surface area contributed by atoms with E-state index in [2.05, 4.69) is 20.6 Å². The fourth-order valence-corrected chi connectivity index (χ4v) is 3.68. The minimum atomic E-state index is -0.878. The number of anilines is 3. The van der Waals surface area contributed by atoms with Gasteiger partial charge in [-0.25, -0.2) is 4.98 Å². The highest BCUT2D eigenvalue weighted by atomic mass is 32.1. The zero-order valence-corrected chi connectivity index (χ0v) is 17.3. The molecule has 0 aliphatic carbocycles. The Morgan fingerprint density at radius 2 is 1.87 bits per heavy atom. The molecule has 0 spiro atoms. The topological polar surface area (TPSA) is 113 Å². The Morgan fingerprint density at radius 1 is 1.06 bits per heavy atom. The first kappa shape index (κ1) is 20.3. The van der Waals surface area contributed by atoms with E-state index in [4.69, 9.17) is 9.84 Å². The Hall–Kier alpha value is -3.98. The van der Waals surface area contributed by atoms with Crippen LogP contribution in [0.25, 0.3) is 10.2 Å². The van der Waals surface area contributed by atoms with E-state index in [-0.39, 0.29) is 12.3 Å². The fraction of sp³-hybridized carbons (Fsp3) is 0.0909. The standard InChI is InChI=1S/C22H18N4O4S/c1-13(27)23-16-3-2-4-17(12-16)30-21-20-18(9-10-31-20)25-22(26-21)24-15-7-5-14(6-8-15)11-19(28)29/h2-10,12H,11H2,1H3,(H,23,27)(H,28,29)(H,24,25,26). The van der Waals surface area contributed by atoms with Gasteiger partial charge in [-0.1, -0.05) is 18.2 Å². The number of nitrogens with one attached hydrogen (secondary N) is 2. The van der Waals surface area contributed by atoms with Gasteiger partial charge < -0.3 is 20.5 Å². The van der Waals surface area contributed by atoms with E-state index >= 15 is 0 Å². The molecule has 1 amide bonds. The van der Waals surface area contributed by atoms with Gasteiger partial charge >= 0.3 is 5.97 Å². The number of carbonyl (C=O) groups excluding carboxylic acids is 1. The Bertz CT molecular complexity index is 1250. The summed E-state index contributed by atoms with van der Waals surface area (Å²) < 4.78 is 6.81. The lowest BCUT2D eigenvalue weighted by molar-refractivity contribution is -0.136. The summed E-state index contributed by atoms with van der Waals surface area (Å²) in [5.74, 6) is 0.232. The molecule has 2 heterocycles. The van der Waals surface area contributed by atoms with E-state index < -0.39 is 5.97 Å². The second-order valence-electron chi connectivity index (χ2n) is 6.69. The molecular formula is C22H18N4O4S. The van der Waals surface area contributed by atoms with Crippen LogP contribution in [0.15, 0.2) is 60.0 Å². The van der Waals surface area contributed by atoms with Crippen LogP contribution in [0.2, 0.25) is 0 Å². The van der Waals surface area contributed by atoms with E-state index in [0.29, 0.717) is 28.8 Å². The Morgan fingerprint density at radius 3 is 2.61 bits per heavy atom. The van der Waals surface area contributed by atoms with Gasteiger partial charge in [0.25, 0.3) is 0 Å². The van der Waals surface area contributed by atoms with Crippen LogP contribution >= 0.6 is 11.3 Å². The van der Waals surface area contributed by atoms with Crippen LogP contribution in [-0.2, 0) is 16.0 Å². The molecule has 4 aromatic rings. The molecule has 0 saturated heterocycles. The number of benzene rings is 2. The van der Waals surface area contributed by atoms with Gasteiger partial charge in [0.15, 0.2) is 0 Å². The van der Waals surface area contributed by atoms with Crippen LogP contribution in [0.3, 0.4) is 0 Å². The summed E-state index contributed by atoms with van der Waals surface area (Å²) in [6.07, 6.45) is -0.0345. The van der Waals surface area contributed by atoms with Crippen molar-refractivity contribution < 1.29 is 19.4 Å². The molecule has 4 rings (SSSR count). The lowest BCUT2D eigenvalue weighted by atomic mass is 10.1. The van der Waals surface area contributed by atoms with Crippen molar-refractivity contribution in [1.29, 1.82) is 0 Å². The van der Waals surface area contributed by atoms with E-state index in [1.165, 1.54) is 18.3 Å². The highest BCUT2D eigenvalue weighted by Gasteiger charge is 2.12. The fourth-order valence-electron chi connectivity index (χ4n) is 2.92. The molecule has 0 atom stereocenters. The molecule has 2 aromatic carbocycles. The summed E-state index contributed by atoms with van der Waals surface area (Å²) >= 11 is 1.47. The molecule has 0 bridgehead atoms. The first-order valence-electron chi connectivity index (χ1n) is 9.35. The van der Waals surface area contributed by atoms with Crippen molar-refractivity contribution in [2.75, 3.05) is 10.6 Å². The van der Waals surface area contributed by atoms with Crippen molar-refractivity contribution >= 4 is 50.8 Å². The molecular weight excluding hydrogens is 416 g/mol. The number of amides is 1. The van der Waals surface area contributed by atoms with Crippen molar-refractivity contribution in [1.82, 2.24) is 9.97 Å². The smallest absolute Gasteiger partial charge is 0.307 e. The summed E-state index contributed by atoms with van der Waals surface area (Å²) in [4.78, 5) is 31.2. The number of aliphatic carboxylic acids is 1. The number of aromatic nitrogens is 2. The van der Waals surface area contributed by atoms with E-state index in [1.807, 2.05) is 11.4 Å². The van der Waals surface area contributed by atoms with Crippen LogP contribution in [0.1, 0.15) is 12.5 Å².